The normalized spacial score (nSPS) is 11.8. The van der Waals surface area contributed by atoms with Crippen LogP contribution in [-0.4, -0.2) is 65.2 Å². The zero-order chi connectivity index (χ0) is 43.7. The predicted octanol–water partition coefficient (Wildman–Crippen LogP) is 5.24. The van der Waals surface area contributed by atoms with Gasteiger partial charge in [-0.1, -0.05) is 121 Å². The van der Waals surface area contributed by atoms with Crippen molar-refractivity contribution in [1.29, 1.82) is 0 Å². The molecule has 0 atom stereocenters. The molecule has 16 heteroatoms. The number of aliphatic hydroxyl groups is 1. The van der Waals surface area contributed by atoms with Gasteiger partial charge >= 0.3 is 35.5 Å². The van der Waals surface area contributed by atoms with Crippen LogP contribution in [0.15, 0.2) is 155 Å². The minimum Gasteiger partial charge on any atom is -0.481 e. The summed E-state index contributed by atoms with van der Waals surface area (Å²) in [5, 5.41) is 36.4. The topological polar surface area (TPSA) is 254 Å². The first-order chi connectivity index (χ1) is 28.6. The first kappa shape index (κ1) is 47.9. The molecular weight excluding hydrogens is 810 g/mol. The summed E-state index contributed by atoms with van der Waals surface area (Å²) in [7, 11) is 0. The Morgan fingerprint density at radius 1 is 0.672 bits per heavy atom. The van der Waals surface area contributed by atoms with E-state index in [0.717, 1.165) is 28.3 Å². The zero-order valence-corrected chi connectivity index (χ0v) is 33.4. The molecule has 61 heavy (non-hydrogen) atoms. The first-order valence-electron chi connectivity index (χ1n) is 18.2. The van der Waals surface area contributed by atoms with E-state index < -0.39 is 52.1 Å². The summed E-state index contributed by atoms with van der Waals surface area (Å²) in [6, 6.07) is 37.6. The van der Waals surface area contributed by atoms with E-state index in [1.165, 1.54) is 0 Å². The summed E-state index contributed by atoms with van der Waals surface area (Å²) in [5.74, 6) is -4.60. The van der Waals surface area contributed by atoms with Crippen LogP contribution in [0.1, 0.15) is 56.7 Å². The van der Waals surface area contributed by atoms with E-state index in [0.29, 0.717) is 24.0 Å². The SMILES string of the molecule is Cc1ccc(C2(C(=O)OC(=O)c3cc(=O)[nH]c(=O)[nH]3)CC2)cc1.Cl.O=C(O)C(O)(c1ccccc1)c1ccccc1.O=C(O)Cc1ccccc1.O=C(O)Cc1ccncc1. The number of nitrogens with zero attached hydrogens (tertiary/aromatic N) is 1. The molecule has 0 aliphatic heterocycles. The molecule has 0 bridgehead atoms. The highest BCUT2D eigenvalue weighted by atomic mass is 35.5. The average Bonchev–Trinajstić information content (AvgIpc) is 4.05. The number of carboxylic acid groups (broad SMARTS) is 3. The lowest BCUT2D eigenvalue weighted by Crippen LogP contribution is -2.36. The molecule has 6 aromatic rings. The van der Waals surface area contributed by atoms with Gasteiger partial charge in [0, 0.05) is 18.5 Å². The second-order valence-corrected chi connectivity index (χ2v) is 13.4. The van der Waals surface area contributed by atoms with Gasteiger partial charge in [0.15, 0.2) is 0 Å². The van der Waals surface area contributed by atoms with Crippen LogP contribution in [0.4, 0.5) is 0 Å². The second kappa shape index (κ2) is 22.6. The van der Waals surface area contributed by atoms with Crippen molar-refractivity contribution in [3.63, 3.8) is 0 Å². The summed E-state index contributed by atoms with van der Waals surface area (Å²) in [6.07, 6.45) is 4.53. The lowest BCUT2D eigenvalue weighted by atomic mass is 9.86. The van der Waals surface area contributed by atoms with Gasteiger partial charge in [-0.25, -0.2) is 14.4 Å². The van der Waals surface area contributed by atoms with Gasteiger partial charge in [-0.3, -0.25) is 29.1 Å². The summed E-state index contributed by atoms with van der Waals surface area (Å²) in [4.78, 5) is 86.2. The zero-order valence-electron chi connectivity index (χ0n) is 32.6. The van der Waals surface area contributed by atoms with Crippen molar-refractivity contribution in [2.24, 2.45) is 0 Å². The number of rotatable bonds is 10. The van der Waals surface area contributed by atoms with Crippen LogP contribution in [-0.2, 0) is 47.8 Å². The number of esters is 2. The van der Waals surface area contributed by atoms with Gasteiger partial charge in [-0.15, -0.1) is 12.4 Å². The van der Waals surface area contributed by atoms with E-state index in [2.05, 4.69) is 9.97 Å². The Morgan fingerprint density at radius 3 is 1.56 bits per heavy atom. The van der Waals surface area contributed by atoms with Crippen molar-refractivity contribution < 1.29 is 49.1 Å². The standard InChI is InChI=1S/C16H14N2O5.C14H12O3.C8H8O2.C7H7NO2.ClH/c1-9-2-4-10(5-3-9)16(6-7-16)14(21)23-13(20)11-8-12(19)18-15(22)17-11;15-13(16)14(17,11-7-3-1-4-8-11)12-9-5-2-6-10-12;9-8(10)6-7-4-2-1-3-5-7;9-7(10)5-6-1-3-8-4-2-6;/h2-5,8H,6-7H2,1H3,(H2,17,18,19,22);1-10,17H,(H,15,16);1-5H,6H2,(H,9,10);1-4H,5H2,(H,9,10);1H. The third-order valence-corrected chi connectivity index (χ3v) is 8.91. The average molecular weight is 852 g/mol. The van der Waals surface area contributed by atoms with Crippen LogP contribution in [0, 0.1) is 6.92 Å². The molecule has 316 valence electrons. The summed E-state index contributed by atoms with van der Waals surface area (Å²) in [6.45, 7) is 1.94. The van der Waals surface area contributed by atoms with Crippen LogP contribution < -0.4 is 11.2 Å². The third-order valence-electron chi connectivity index (χ3n) is 8.91. The van der Waals surface area contributed by atoms with E-state index >= 15 is 0 Å². The number of H-pyrrole nitrogens is 2. The highest BCUT2D eigenvalue weighted by Crippen LogP contribution is 2.49. The van der Waals surface area contributed by atoms with Crippen molar-refractivity contribution in [3.8, 4) is 0 Å². The van der Waals surface area contributed by atoms with Crippen molar-refractivity contribution >= 4 is 42.3 Å². The molecule has 1 aliphatic rings. The lowest BCUT2D eigenvalue weighted by Gasteiger charge is -2.24. The molecule has 0 unspecified atom stereocenters. The first-order valence-corrected chi connectivity index (χ1v) is 18.2. The van der Waals surface area contributed by atoms with E-state index in [9.17, 15) is 43.8 Å². The van der Waals surface area contributed by atoms with Crippen LogP contribution in [0.25, 0.3) is 0 Å². The number of carboxylic acids is 3. The van der Waals surface area contributed by atoms with E-state index in [1.54, 1.807) is 97.3 Å². The van der Waals surface area contributed by atoms with Crippen LogP contribution in [0.3, 0.4) is 0 Å². The number of aliphatic carboxylic acids is 3. The molecule has 1 saturated carbocycles. The molecule has 2 heterocycles. The number of benzene rings is 4. The molecule has 1 fully saturated rings. The highest BCUT2D eigenvalue weighted by Gasteiger charge is 2.53. The second-order valence-electron chi connectivity index (χ2n) is 13.4. The predicted molar refractivity (Wildman–Crippen MR) is 224 cm³/mol. The fourth-order valence-corrected chi connectivity index (χ4v) is 5.64. The molecule has 1 aliphatic carbocycles. The number of halogens is 1. The summed E-state index contributed by atoms with van der Waals surface area (Å²) < 4.78 is 4.86. The van der Waals surface area contributed by atoms with E-state index in [1.807, 2.05) is 54.4 Å². The maximum atomic E-state index is 12.3. The highest BCUT2D eigenvalue weighted by molar-refractivity contribution is 6.00. The summed E-state index contributed by atoms with van der Waals surface area (Å²) in [5.41, 5.74) is -0.575. The van der Waals surface area contributed by atoms with Gasteiger partial charge in [-0.05, 0) is 59.7 Å². The molecule has 2 aromatic heterocycles. The molecule has 6 N–H and O–H groups in total. The number of pyridine rings is 1. The van der Waals surface area contributed by atoms with Gasteiger partial charge in [-0.2, -0.15) is 0 Å². The minimum absolute atomic E-state index is 0. The van der Waals surface area contributed by atoms with Crippen molar-refractivity contribution in [3.05, 3.63) is 206 Å². The maximum Gasteiger partial charge on any atom is 0.362 e. The molecule has 15 nitrogen and oxygen atoms in total. The Bertz CT molecular complexity index is 2370. The number of nitrogens with one attached hydrogen (secondary N) is 2. The lowest BCUT2D eigenvalue weighted by molar-refractivity contribution is -0.155. The number of aromatic nitrogens is 3. The Kier molecular flexibility index (Phi) is 17.7. The molecule has 0 radical (unpaired) electrons. The maximum absolute atomic E-state index is 12.3. The number of ether oxygens (including phenoxy) is 1. The van der Waals surface area contributed by atoms with Gasteiger partial charge in [0.25, 0.3) is 5.56 Å². The Labute approximate surface area is 354 Å². The van der Waals surface area contributed by atoms with Crippen LogP contribution in [0.5, 0.6) is 0 Å². The van der Waals surface area contributed by atoms with Gasteiger partial charge in [0.2, 0.25) is 5.60 Å². The number of carbonyl (C=O) groups excluding carboxylic acids is 2. The minimum atomic E-state index is -2.00. The van der Waals surface area contributed by atoms with Gasteiger partial charge in [0.1, 0.15) is 5.69 Å². The van der Waals surface area contributed by atoms with Gasteiger partial charge in [0.05, 0.1) is 18.3 Å². The molecule has 0 spiro atoms. The van der Waals surface area contributed by atoms with Gasteiger partial charge < -0.3 is 30.1 Å². The monoisotopic (exact) mass is 851 g/mol. The molecule has 7 rings (SSSR count). The number of hydrogen-bond donors (Lipinski definition) is 6. The third kappa shape index (κ3) is 14.1. The summed E-state index contributed by atoms with van der Waals surface area (Å²) >= 11 is 0. The Morgan fingerprint density at radius 2 is 1.13 bits per heavy atom. The number of hydrogen-bond acceptors (Lipinski definition) is 10. The van der Waals surface area contributed by atoms with Crippen molar-refractivity contribution in [2.75, 3.05) is 0 Å². The fourth-order valence-electron chi connectivity index (χ4n) is 5.64. The smallest absolute Gasteiger partial charge is 0.362 e. The number of carbonyl (C=O) groups is 5. The van der Waals surface area contributed by atoms with Crippen LogP contribution >= 0.6 is 12.4 Å². The Hall–Kier alpha value is -7.49. The Balaban J connectivity index is 0.000000230. The van der Waals surface area contributed by atoms with E-state index in [4.69, 9.17) is 14.9 Å². The quantitative estimate of drug-likeness (QED) is 0.0763. The number of aryl methyl sites for hydroxylation is 1. The van der Waals surface area contributed by atoms with Crippen molar-refractivity contribution in [1.82, 2.24) is 15.0 Å². The molecule has 0 saturated heterocycles. The largest absolute Gasteiger partial charge is 0.481 e. The number of aromatic amines is 2. The fraction of sp³-hybridized carbons (Fsp3) is 0.156. The van der Waals surface area contributed by atoms with Crippen molar-refractivity contribution in [2.45, 2.75) is 43.6 Å². The molecule has 0 amide bonds. The van der Waals surface area contributed by atoms with E-state index in [-0.39, 0.29) is 30.9 Å². The molecular formula is C45H42ClN3O12. The molecule has 4 aromatic carbocycles. The van der Waals surface area contributed by atoms with Crippen LogP contribution in [0.2, 0.25) is 0 Å².